The largest absolute Gasteiger partial charge is 0.478 e. The molecule has 0 fully saturated rings. The standard InChI is InChI=1S/C15H26ClN3O/c1-12(2)9-17-10-13-8-15(18-11-14(13)16)20-7-5-6-19(3)4/h8,11-12,17H,5-7,9-10H2,1-4H3. The van der Waals surface area contributed by atoms with Crippen LogP contribution in [0.25, 0.3) is 0 Å². The van der Waals surface area contributed by atoms with Crippen LogP contribution in [0.15, 0.2) is 12.3 Å². The lowest BCUT2D eigenvalue weighted by Crippen LogP contribution is -2.19. The molecule has 0 bridgehead atoms. The highest BCUT2D eigenvalue weighted by molar-refractivity contribution is 6.31. The molecule has 20 heavy (non-hydrogen) atoms. The summed E-state index contributed by atoms with van der Waals surface area (Å²) in [6.07, 6.45) is 2.65. The SMILES string of the molecule is CC(C)CNCc1cc(OCCCN(C)C)ncc1Cl. The Kier molecular flexibility index (Phi) is 7.88. The Labute approximate surface area is 127 Å². The summed E-state index contributed by atoms with van der Waals surface area (Å²) in [7, 11) is 4.11. The number of halogens is 1. The zero-order valence-electron chi connectivity index (χ0n) is 12.9. The van der Waals surface area contributed by atoms with Gasteiger partial charge in [0.1, 0.15) is 0 Å². The summed E-state index contributed by atoms with van der Waals surface area (Å²) in [4.78, 5) is 6.34. The maximum absolute atomic E-state index is 6.15. The number of hydrogen-bond donors (Lipinski definition) is 1. The number of pyridine rings is 1. The lowest BCUT2D eigenvalue weighted by Gasteiger charge is -2.12. The third kappa shape index (κ3) is 7.08. The van der Waals surface area contributed by atoms with Crippen LogP contribution in [0.2, 0.25) is 5.02 Å². The summed E-state index contributed by atoms with van der Waals surface area (Å²) in [5.74, 6) is 1.27. The molecule has 0 aliphatic heterocycles. The molecule has 5 heteroatoms. The van der Waals surface area contributed by atoms with Crippen molar-refractivity contribution in [1.82, 2.24) is 15.2 Å². The maximum atomic E-state index is 6.15. The second-order valence-electron chi connectivity index (χ2n) is 5.64. The van der Waals surface area contributed by atoms with Crippen LogP contribution in [0.1, 0.15) is 25.8 Å². The van der Waals surface area contributed by atoms with Crippen molar-refractivity contribution in [3.05, 3.63) is 22.8 Å². The van der Waals surface area contributed by atoms with Crippen molar-refractivity contribution in [1.29, 1.82) is 0 Å². The summed E-state index contributed by atoms with van der Waals surface area (Å²) >= 11 is 6.15. The van der Waals surface area contributed by atoms with Gasteiger partial charge in [0.05, 0.1) is 11.6 Å². The van der Waals surface area contributed by atoms with Gasteiger partial charge in [-0.15, -0.1) is 0 Å². The van der Waals surface area contributed by atoms with Crippen LogP contribution in [-0.4, -0.2) is 43.7 Å². The van der Waals surface area contributed by atoms with E-state index in [0.29, 0.717) is 23.4 Å². The van der Waals surface area contributed by atoms with E-state index in [-0.39, 0.29) is 0 Å². The summed E-state index contributed by atoms with van der Waals surface area (Å²) in [6, 6.07) is 1.92. The van der Waals surface area contributed by atoms with Gasteiger partial charge >= 0.3 is 0 Å². The molecule has 1 heterocycles. The molecule has 1 N–H and O–H groups in total. The zero-order chi connectivity index (χ0) is 15.0. The molecular formula is C15H26ClN3O. The minimum Gasteiger partial charge on any atom is -0.478 e. The molecule has 1 aromatic heterocycles. The summed E-state index contributed by atoms with van der Waals surface area (Å²) < 4.78 is 5.66. The normalized spacial score (nSPS) is 11.3. The van der Waals surface area contributed by atoms with Gasteiger partial charge in [-0.05, 0) is 38.5 Å². The van der Waals surface area contributed by atoms with Crippen LogP contribution in [0, 0.1) is 5.92 Å². The summed E-state index contributed by atoms with van der Waals surface area (Å²) in [5.41, 5.74) is 1.03. The monoisotopic (exact) mass is 299 g/mol. The van der Waals surface area contributed by atoms with Gasteiger partial charge in [0.15, 0.2) is 0 Å². The Morgan fingerprint density at radius 2 is 2.15 bits per heavy atom. The van der Waals surface area contributed by atoms with Crippen LogP contribution in [0.4, 0.5) is 0 Å². The second kappa shape index (κ2) is 9.16. The molecule has 0 saturated carbocycles. The van der Waals surface area contributed by atoms with Gasteiger partial charge in [-0.1, -0.05) is 25.4 Å². The zero-order valence-corrected chi connectivity index (χ0v) is 13.7. The van der Waals surface area contributed by atoms with Gasteiger partial charge in [-0.3, -0.25) is 0 Å². The highest BCUT2D eigenvalue weighted by Crippen LogP contribution is 2.19. The van der Waals surface area contributed by atoms with E-state index in [4.69, 9.17) is 16.3 Å². The first-order chi connectivity index (χ1) is 9.49. The Morgan fingerprint density at radius 3 is 2.80 bits per heavy atom. The first-order valence-corrected chi connectivity index (χ1v) is 7.49. The molecule has 0 saturated heterocycles. The van der Waals surface area contributed by atoms with Crippen LogP contribution < -0.4 is 10.1 Å². The van der Waals surface area contributed by atoms with Crippen molar-refractivity contribution >= 4 is 11.6 Å². The Hall–Kier alpha value is -0.840. The summed E-state index contributed by atoms with van der Waals surface area (Å²) in [5, 5.41) is 4.06. The molecular weight excluding hydrogens is 274 g/mol. The highest BCUT2D eigenvalue weighted by atomic mass is 35.5. The van der Waals surface area contributed by atoms with Gasteiger partial charge in [-0.25, -0.2) is 4.98 Å². The molecule has 1 rings (SSSR count). The van der Waals surface area contributed by atoms with Crippen molar-refractivity contribution in [2.24, 2.45) is 5.92 Å². The molecule has 0 radical (unpaired) electrons. The van der Waals surface area contributed by atoms with Crippen LogP contribution >= 0.6 is 11.6 Å². The van der Waals surface area contributed by atoms with Gasteiger partial charge in [-0.2, -0.15) is 0 Å². The number of rotatable bonds is 9. The fourth-order valence-corrected chi connectivity index (χ4v) is 1.90. The van der Waals surface area contributed by atoms with Crippen LogP contribution in [-0.2, 0) is 6.54 Å². The van der Waals surface area contributed by atoms with Crippen molar-refractivity contribution in [2.75, 3.05) is 33.8 Å². The van der Waals surface area contributed by atoms with Gasteiger partial charge in [0.2, 0.25) is 5.88 Å². The van der Waals surface area contributed by atoms with E-state index in [0.717, 1.165) is 31.6 Å². The topological polar surface area (TPSA) is 37.4 Å². The molecule has 0 spiro atoms. The molecule has 1 aromatic rings. The van der Waals surface area contributed by atoms with E-state index in [1.54, 1.807) is 6.20 Å². The molecule has 0 atom stereocenters. The molecule has 0 amide bonds. The lowest BCUT2D eigenvalue weighted by atomic mass is 10.2. The third-order valence-corrected chi connectivity index (χ3v) is 3.12. The average molecular weight is 300 g/mol. The molecule has 114 valence electrons. The van der Waals surface area contributed by atoms with E-state index in [9.17, 15) is 0 Å². The maximum Gasteiger partial charge on any atom is 0.213 e. The van der Waals surface area contributed by atoms with Crippen molar-refractivity contribution in [3.63, 3.8) is 0 Å². The molecule has 0 aliphatic carbocycles. The van der Waals surface area contributed by atoms with E-state index in [2.05, 4.69) is 43.1 Å². The first-order valence-electron chi connectivity index (χ1n) is 7.11. The van der Waals surface area contributed by atoms with Crippen molar-refractivity contribution in [3.8, 4) is 5.88 Å². The number of hydrogen-bond acceptors (Lipinski definition) is 4. The first kappa shape index (κ1) is 17.2. The molecule has 0 aliphatic rings. The number of aromatic nitrogens is 1. The minimum atomic E-state index is 0.623. The predicted octanol–water partition coefficient (Wildman–Crippen LogP) is 2.81. The molecule has 0 unspecified atom stereocenters. The van der Waals surface area contributed by atoms with Crippen molar-refractivity contribution in [2.45, 2.75) is 26.8 Å². The molecule has 4 nitrogen and oxygen atoms in total. The Morgan fingerprint density at radius 1 is 1.40 bits per heavy atom. The Bertz CT molecular complexity index is 397. The fourth-order valence-electron chi connectivity index (χ4n) is 1.73. The van der Waals surface area contributed by atoms with E-state index >= 15 is 0 Å². The number of nitrogens with one attached hydrogen (secondary N) is 1. The third-order valence-electron chi connectivity index (χ3n) is 2.78. The number of ether oxygens (including phenoxy) is 1. The average Bonchev–Trinajstić information content (AvgIpc) is 2.37. The van der Waals surface area contributed by atoms with E-state index in [1.165, 1.54) is 0 Å². The Balaban J connectivity index is 2.44. The van der Waals surface area contributed by atoms with Crippen LogP contribution in [0.5, 0.6) is 5.88 Å². The van der Waals surface area contributed by atoms with Crippen molar-refractivity contribution < 1.29 is 4.74 Å². The van der Waals surface area contributed by atoms with Gasteiger partial charge in [0.25, 0.3) is 0 Å². The van der Waals surface area contributed by atoms with Gasteiger partial charge in [0, 0.05) is 25.4 Å². The minimum absolute atomic E-state index is 0.623. The number of nitrogens with zero attached hydrogens (tertiary/aromatic N) is 2. The lowest BCUT2D eigenvalue weighted by molar-refractivity contribution is 0.273. The molecule has 0 aromatic carbocycles. The smallest absolute Gasteiger partial charge is 0.213 e. The predicted molar refractivity (Wildman–Crippen MR) is 84.5 cm³/mol. The van der Waals surface area contributed by atoms with E-state index < -0.39 is 0 Å². The van der Waals surface area contributed by atoms with Gasteiger partial charge < -0.3 is 15.0 Å². The quantitative estimate of drug-likeness (QED) is 0.712. The fraction of sp³-hybridized carbons (Fsp3) is 0.667. The van der Waals surface area contributed by atoms with E-state index in [1.807, 2.05) is 6.07 Å². The second-order valence-corrected chi connectivity index (χ2v) is 6.05. The highest BCUT2D eigenvalue weighted by Gasteiger charge is 2.05. The van der Waals surface area contributed by atoms with Crippen LogP contribution in [0.3, 0.4) is 0 Å². The summed E-state index contributed by atoms with van der Waals surface area (Å²) in [6.45, 7) is 7.76.